The van der Waals surface area contributed by atoms with Crippen LogP contribution >= 0.6 is 0 Å². The molecule has 9 nitrogen and oxygen atoms in total. The fourth-order valence-corrected chi connectivity index (χ4v) is 3.80. The minimum atomic E-state index is -1.00. The van der Waals surface area contributed by atoms with E-state index in [0.717, 1.165) is 30.6 Å². The number of hydrogen-bond donors (Lipinski definition) is 1. The Hall–Kier alpha value is -4.66. The van der Waals surface area contributed by atoms with Crippen LogP contribution in [-0.4, -0.2) is 35.2 Å². The first-order valence-electron chi connectivity index (χ1n) is 13.2. The van der Waals surface area contributed by atoms with Crippen molar-refractivity contribution in [1.29, 1.82) is 0 Å². The van der Waals surface area contributed by atoms with Crippen molar-refractivity contribution in [1.82, 2.24) is 0 Å². The predicted octanol–water partition coefficient (Wildman–Crippen LogP) is 7.24. The second-order valence-corrected chi connectivity index (χ2v) is 9.15. The molecule has 0 saturated heterocycles. The van der Waals surface area contributed by atoms with Gasteiger partial charge in [0.05, 0.1) is 23.7 Å². The number of carboxylic acids is 1. The zero-order valence-electron chi connectivity index (χ0n) is 22.5. The van der Waals surface area contributed by atoms with Crippen LogP contribution in [0.15, 0.2) is 78.9 Å². The van der Waals surface area contributed by atoms with Crippen LogP contribution in [0.1, 0.15) is 55.8 Å². The lowest BCUT2D eigenvalue weighted by Gasteiger charge is -2.10. The summed E-state index contributed by atoms with van der Waals surface area (Å²) in [4.78, 5) is 34.6. The summed E-state index contributed by atoms with van der Waals surface area (Å²) in [5.41, 5.74) is 1.42. The van der Waals surface area contributed by atoms with Crippen molar-refractivity contribution >= 4 is 17.6 Å². The van der Waals surface area contributed by atoms with Gasteiger partial charge in [0.2, 0.25) is 5.75 Å². The molecule has 0 spiro atoms. The number of nitrogens with zero attached hydrogens (tertiary/aromatic N) is 1. The average molecular weight is 548 g/mol. The van der Waals surface area contributed by atoms with Gasteiger partial charge >= 0.3 is 17.6 Å². The number of esters is 1. The fraction of sp³-hybridized carbons (Fsp3) is 0.290. The van der Waals surface area contributed by atoms with E-state index in [-0.39, 0.29) is 22.6 Å². The molecule has 0 aliphatic heterocycles. The molecule has 3 aromatic rings. The molecule has 3 rings (SSSR count). The van der Waals surface area contributed by atoms with Gasteiger partial charge in [0.15, 0.2) is 0 Å². The molecule has 9 heteroatoms. The molecule has 0 unspecified atom stereocenters. The Morgan fingerprint density at radius 1 is 0.850 bits per heavy atom. The topological polar surface area (TPSA) is 125 Å². The quantitative estimate of drug-likeness (QED) is 0.0497. The summed E-state index contributed by atoms with van der Waals surface area (Å²) in [6.07, 6.45) is 4.87. The summed E-state index contributed by atoms with van der Waals surface area (Å²) in [7, 11) is 0. The lowest BCUT2D eigenvalue weighted by molar-refractivity contribution is -0.385. The highest BCUT2D eigenvalue weighted by Gasteiger charge is 2.20. The van der Waals surface area contributed by atoms with Crippen molar-refractivity contribution in [2.75, 3.05) is 13.2 Å². The molecule has 0 radical (unpaired) electrons. The molecule has 0 aliphatic carbocycles. The number of hydrogen-bond acceptors (Lipinski definition) is 7. The Kier molecular flexibility index (Phi) is 11.3. The molecule has 0 heterocycles. The molecular formula is C31H33NO8. The first-order chi connectivity index (χ1) is 19.3. The van der Waals surface area contributed by atoms with Crippen LogP contribution < -0.4 is 14.2 Å². The van der Waals surface area contributed by atoms with E-state index in [1.165, 1.54) is 24.3 Å². The first-order valence-corrected chi connectivity index (χ1v) is 13.2. The Labute approximate surface area is 233 Å². The number of nitro groups is 1. The maximum absolute atomic E-state index is 12.7. The van der Waals surface area contributed by atoms with Crippen LogP contribution in [0, 0.1) is 10.1 Å². The van der Waals surface area contributed by atoms with Gasteiger partial charge in [-0.1, -0.05) is 44.5 Å². The van der Waals surface area contributed by atoms with Crippen molar-refractivity contribution < 1.29 is 33.8 Å². The number of ether oxygens (including phenoxy) is 3. The normalized spacial score (nSPS) is 10.5. The van der Waals surface area contributed by atoms with Crippen molar-refractivity contribution in [3.8, 4) is 28.4 Å². The molecule has 0 saturated carbocycles. The van der Waals surface area contributed by atoms with Crippen LogP contribution in [-0.2, 0) is 4.79 Å². The van der Waals surface area contributed by atoms with Gasteiger partial charge in [0.1, 0.15) is 11.5 Å². The maximum atomic E-state index is 12.7. The van der Waals surface area contributed by atoms with Crippen molar-refractivity contribution in [2.24, 2.45) is 0 Å². The van der Waals surface area contributed by atoms with Crippen LogP contribution in [0.25, 0.3) is 11.1 Å². The van der Waals surface area contributed by atoms with E-state index in [1.54, 1.807) is 18.2 Å². The number of rotatable bonds is 16. The Balaban J connectivity index is 1.58. The van der Waals surface area contributed by atoms with Crippen LogP contribution in [0.3, 0.4) is 0 Å². The Morgan fingerprint density at radius 2 is 1.43 bits per heavy atom. The molecule has 1 N–H and O–H groups in total. The minimum absolute atomic E-state index is 0.155. The number of benzene rings is 3. The minimum Gasteiger partial charge on any atom is -0.494 e. The number of carbonyl (C=O) groups excluding carboxylic acids is 1. The number of carboxylic acid groups (broad SMARTS) is 1. The van der Waals surface area contributed by atoms with Gasteiger partial charge in [-0.05, 0) is 79.3 Å². The molecular weight excluding hydrogens is 514 g/mol. The van der Waals surface area contributed by atoms with Gasteiger partial charge in [-0.2, -0.15) is 0 Å². The molecule has 0 fully saturated rings. The van der Waals surface area contributed by atoms with E-state index in [2.05, 4.69) is 13.5 Å². The molecule has 0 bridgehead atoms. The third-order valence-corrected chi connectivity index (χ3v) is 6.10. The SMILES string of the molecule is C=C(CCCCOc1ccc(C(=O)Oc2ccc(-c3ccc(OCCCCC)cc3)cc2[N+](=O)[O-])cc1)C(=O)O. The maximum Gasteiger partial charge on any atom is 0.343 e. The first kappa shape index (κ1) is 29.9. The van der Waals surface area contributed by atoms with E-state index >= 15 is 0 Å². The highest BCUT2D eigenvalue weighted by Crippen LogP contribution is 2.33. The van der Waals surface area contributed by atoms with Crippen molar-refractivity contribution in [3.05, 3.63) is 94.6 Å². The number of nitro benzene ring substituents is 1. The van der Waals surface area contributed by atoms with Crippen molar-refractivity contribution in [3.63, 3.8) is 0 Å². The van der Waals surface area contributed by atoms with E-state index < -0.39 is 16.9 Å². The molecule has 0 aliphatic rings. The predicted molar refractivity (Wildman–Crippen MR) is 151 cm³/mol. The molecule has 0 amide bonds. The summed E-state index contributed by atoms with van der Waals surface area (Å²) < 4.78 is 16.7. The van der Waals surface area contributed by atoms with E-state index in [4.69, 9.17) is 19.3 Å². The van der Waals surface area contributed by atoms with Crippen LogP contribution in [0.5, 0.6) is 17.2 Å². The van der Waals surface area contributed by atoms with Gasteiger partial charge in [0, 0.05) is 11.6 Å². The summed E-state index contributed by atoms with van der Waals surface area (Å²) in [6, 6.07) is 18.0. The summed E-state index contributed by atoms with van der Waals surface area (Å²) in [6.45, 7) is 6.64. The molecule has 0 atom stereocenters. The van der Waals surface area contributed by atoms with Gasteiger partial charge in [-0.15, -0.1) is 0 Å². The highest BCUT2D eigenvalue weighted by atomic mass is 16.6. The molecule has 3 aromatic carbocycles. The van der Waals surface area contributed by atoms with Crippen LogP contribution in [0.2, 0.25) is 0 Å². The summed E-state index contributed by atoms with van der Waals surface area (Å²) >= 11 is 0. The lowest BCUT2D eigenvalue weighted by atomic mass is 10.0. The average Bonchev–Trinajstić information content (AvgIpc) is 2.95. The van der Waals surface area contributed by atoms with Gasteiger partial charge in [-0.25, -0.2) is 9.59 Å². The van der Waals surface area contributed by atoms with E-state index in [9.17, 15) is 19.7 Å². The number of carbonyl (C=O) groups is 2. The van der Waals surface area contributed by atoms with E-state index in [1.807, 2.05) is 24.3 Å². The zero-order chi connectivity index (χ0) is 28.9. The number of unbranched alkanes of at least 4 members (excludes halogenated alkanes) is 3. The van der Waals surface area contributed by atoms with Gasteiger partial charge in [0.25, 0.3) is 0 Å². The van der Waals surface area contributed by atoms with E-state index in [0.29, 0.717) is 43.8 Å². The monoisotopic (exact) mass is 547 g/mol. The van der Waals surface area contributed by atoms with Gasteiger partial charge in [-0.3, -0.25) is 10.1 Å². The lowest BCUT2D eigenvalue weighted by Crippen LogP contribution is -2.10. The van der Waals surface area contributed by atoms with Crippen LogP contribution in [0.4, 0.5) is 5.69 Å². The highest BCUT2D eigenvalue weighted by molar-refractivity contribution is 5.92. The molecule has 40 heavy (non-hydrogen) atoms. The van der Waals surface area contributed by atoms with Crippen molar-refractivity contribution in [2.45, 2.75) is 45.4 Å². The van der Waals surface area contributed by atoms with Gasteiger partial charge < -0.3 is 19.3 Å². The third kappa shape index (κ3) is 8.97. The third-order valence-electron chi connectivity index (χ3n) is 6.10. The smallest absolute Gasteiger partial charge is 0.343 e. The fourth-order valence-electron chi connectivity index (χ4n) is 3.80. The zero-order valence-corrected chi connectivity index (χ0v) is 22.5. The molecule has 0 aromatic heterocycles. The second-order valence-electron chi connectivity index (χ2n) is 9.15. The largest absolute Gasteiger partial charge is 0.494 e. The second kappa shape index (κ2) is 15.1. The Morgan fingerprint density at radius 3 is 2.00 bits per heavy atom. The summed E-state index contributed by atoms with van der Waals surface area (Å²) in [5.74, 6) is -0.630. The number of aliphatic carboxylic acids is 1. The Bertz CT molecular complexity index is 1320. The standard InChI is InChI=1S/C31H33NO8/c1-3-4-6-19-38-26-14-9-23(10-15-26)25-13-18-29(28(21-25)32(36)37)40-31(35)24-11-16-27(17-12-24)39-20-7-5-8-22(2)30(33)34/h9-18,21H,2-8,19-20H2,1H3,(H,33,34). The molecule has 210 valence electrons. The summed E-state index contributed by atoms with van der Waals surface area (Å²) in [5, 5.41) is 20.6.